The Kier molecular flexibility index (Phi) is 7.69. The minimum Gasteiger partial charge on any atom is -0.228 e. The van der Waals surface area contributed by atoms with Crippen LogP contribution in [-0.4, -0.2) is 9.97 Å². The van der Waals surface area contributed by atoms with E-state index in [9.17, 15) is 5.26 Å². The zero-order chi connectivity index (χ0) is 37.1. The van der Waals surface area contributed by atoms with E-state index < -0.39 is 5.41 Å². The van der Waals surface area contributed by atoms with Gasteiger partial charge in [0.2, 0.25) is 0 Å². The van der Waals surface area contributed by atoms with Gasteiger partial charge in [-0.2, -0.15) is 5.26 Å². The maximum absolute atomic E-state index is 9.55. The zero-order valence-electron chi connectivity index (χ0n) is 30.5. The zero-order valence-corrected chi connectivity index (χ0v) is 31.3. The Bertz CT molecular complexity index is 2800. The van der Waals surface area contributed by atoms with Crippen LogP contribution in [0.4, 0.5) is 0 Å². The molecule has 7 aromatic carbocycles. The maximum Gasteiger partial charge on any atom is 0.160 e. The second kappa shape index (κ2) is 12.8. The molecule has 0 radical (unpaired) electrons. The summed E-state index contributed by atoms with van der Waals surface area (Å²) in [7, 11) is 0. The third-order valence-electron chi connectivity index (χ3n) is 11.4. The van der Waals surface area contributed by atoms with E-state index in [1.54, 1.807) is 0 Å². The van der Waals surface area contributed by atoms with E-state index in [2.05, 4.69) is 147 Å². The number of nitriles is 1. The number of rotatable bonds is 4. The summed E-state index contributed by atoms with van der Waals surface area (Å²) in [6.07, 6.45) is 0. The van der Waals surface area contributed by atoms with Crippen LogP contribution in [0.15, 0.2) is 186 Å². The smallest absolute Gasteiger partial charge is 0.160 e. The fourth-order valence-electron chi connectivity index (χ4n) is 8.87. The third-order valence-corrected chi connectivity index (χ3v) is 12.6. The van der Waals surface area contributed by atoms with Crippen LogP contribution in [-0.2, 0) is 10.8 Å². The molecule has 0 amide bonds. The van der Waals surface area contributed by atoms with Crippen molar-refractivity contribution < 1.29 is 0 Å². The Morgan fingerprint density at radius 2 is 0.982 bits per heavy atom. The fraction of sp³-hybridized carbons (Fsp3) is 0.0784. The van der Waals surface area contributed by atoms with Crippen LogP contribution >= 0.6 is 11.8 Å². The lowest BCUT2D eigenvalue weighted by molar-refractivity contribution is 0.549. The van der Waals surface area contributed by atoms with E-state index in [4.69, 9.17) is 9.97 Å². The molecule has 1 aliphatic heterocycles. The summed E-state index contributed by atoms with van der Waals surface area (Å²) in [5.41, 5.74) is 14.7. The largest absolute Gasteiger partial charge is 0.228 e. The molecular formula is C51H35N3S. The van der Waals surface area contributed by atoms with Crippen LogP contribution in [0.5, 0.6) is 0 Å². The van der Waals surface area contributed by atoms with Gasteiger partial charge in [0.05, 0.1) is 28.4 Å². The van der Waals surface area contributed by atoms with Gasteiger partial charge in [-0.05, 0) is 80.9 Å². The van der Waals surface area contributed by atoms with Crippen molar-refractivity contribution in [3.8, 4) is 51.1 Å². The minimum atomic E-state index is -0.478. The first kappa shape index (κ1) is 33.1. The molecule has 0 unspecified atom stereocenters. The highest BCUT2D eigenvalue weighted by molar-refractivity contribution is 7.99. The van der Waals surface area contributed by atoms with Crippen molar-refractivity contribution in [2.24, 2.45) is 0 Å². The Balaban J connectivity index is 1.18. The third kappa shape index (κ3) is 5.19. The highest BCUT2D eigenvalue weighted by Gasteiger charge is 2.52. The van der Waals surface area contributed by atoms with E-state index in [1.165, 1.54) is 43.2 Å². The maximum atomic E-state index is 9.55. The lowest BCUT2D eigenvalue weighted by Crippen LogP contribution is -2.43. The molecule has 0 fully saturated rings. The average Bonchev–Trinajstić information content (AvgIpc) is 3.25. The van der Waals surface area contributed by atoms with E-state index >= 15 is 0 Å². The summed E-state index contributed by atoms with van der Waals surface area (Å²) in [6.45, 7) is 4.72. The molecule has 55 heavy (non-hydrogen) atoms. The van der Waals surface area contributed by atoms with Crippen LogP contribution in [0.2, 0.25) is 0 Å². The molecule has 0 atom stereocenters. The van der Waals surface area contributed by atoms with Crippen molar-refractivity contribution in [3.05, 3.63) is 215 Å². The molecule has 1 spiro atoms. The quantitative estimate of drug-likeness (QED) is 0.182. The summed E-state index contributed by atoms with van der Waals surface area (Å²) in [5, 5.41) is 9.55. The van der Waals surface area contributed by atoms with Crippen LogP contribution in [0.1, 0.15) is 52.8 Å². The summed E-state index contributed by atoms with van der Waals surface area (Å²) < 4.78 is 0. The van der Waals surface area contributed by atoms with Crippen molar-refractivity contribution in [1.82, 2.24) is 9.97 Å². The summed E-state index contributed by atoms with van der Waals surface area (Å²) in [4.78, 5) is 12.9. The van der Waals surface area contributed by atoms with Gasteiger partial charge in [0.15, 0.2) is 5.82 Å². The van der Waals surface area contributed by atoms with Gasteiger partial charge < -0.3 is 0 Å². The SMILES string of the molecule is CC1(C)c2ccccc2C2(c3ccccc3Sc3cc(-c4cc(-c5ccccc5)nc(-c5cccc(-c6cccc(C#N)c6)c5)n4)ccc32)c2ccccc21. The van der Waals surface area contributed by atoms with Gasteiger partial charge in [0.25, 0.3) is 0 Å². The highest BCUT2D eigenvalue weighted by Crippen LogP contribution is 2.61. The summed E-state index contributed by atoms with van der Waals surface area (Å²) >= 11 is 1.85. The Hall–Kier alpha value is -6.54. The second-order valence-electron chi connectivity index (χ2n) is 14.9. The van der Waals surface area contributed by atoms with Crippen LogP contribution in [0.25, 0.3) is 45.0 Å². The van der Waals surface area contributed by atoms with Crippen molar-refractivity contribution in [2.45, 2.75) is 34.5 Å². The molecule has 0 bridgehead atoms. The first-order chi connectivity index (χ1) is 26.9. The molecule has 10 rings (SSSR count). The topological polar surface area (TPSA) is 49.6 Å². The predicted octanol–water partition coefficient (Wildman–Crippen LogP) is 12.5. The Labute approximate surface area is 326 Å². The Morgan fingerprint density at radius 3 is 1.69 bits per heavy atom. The standard InChI is InChI=1S/C51H35N3S/c1-50(2)39-20-6-8-22-41(39)51(42-23-9-7-21-40(42)50)43-24-10-11-25-47(43)55-48-30-37(26-27-44(48)51)46-31-45(34-15-4-3-5-16-34)53-49(54-46)38-19-13-18-36(29-38)35-17-12-14-33(28-35)32-52/h3-31H,1-2H3. The van der Waals surface area contributed by atoms with E-state index in [1.807, 2.05) is 60.3 Å². The lowest BCUT2D eigenvalue weighted by atomic mass is 9.54. The molecule has 8 aromatic rings. The predicted molar refractivity (Wildman–Crippen MR) is 223 cm³/mol. The molecule has 3 nitrogen and oxygen atoms in total. The van der Waals surface area contributed by atoms with E-state index in [0.29, 0.717) is 11.4 Å². The first-order valence-electron chi connectivity index (χ1n) is 18.6. The average molecular weight is 722 g/mol. The molecule has 2 aliphatic rings. The van der Waals surface area contributed by atoms with Gasteiger partial charge in [-0.1, -0.05) is 165 Å². The molecule has 0 saturated carbocycles. The van der Waals surface area contributed by atoms with Crippen LogP contribution < -0.4 is 0 Å². The monoisotopic (exact) mass is 721 g/mol. The van der Waals surface area contributed by atoms with Crippen LogP contribution in [0.3, 0.4) is 0 Å². The Morgan fingerprint density at radius 1 is 0.436 bits per heavy atom. The van der Waals surface area contributed by atoms with Gasteiger partial charge in [-0.25, -0.2) is 9.97 Å². The minimum absolute atomic E-state index is 0.154. The number of benzene rings is 7. The van der Waals surface area contributed by atoms with Crippen molar-refractivity contribution in [2.75, 3.05) is 0 Å². The molecule has 0 saturated heterocycles. The van der Waals surface area contributed by atoms with Crippen molar-refractivity contribution in [3.63, 3.8) is 0 Å². The van der Waals surface area contributed by atoms with Gasteiger partial charge in [-0.15, -0.1) is 0 Å². The number of fused-ring (bicyclic) bond motifs is 8. The van der Waals surface area contributed by atoms with E-state index in [-0.39, 0.29) is 5.41 Å². The molecule has 260 valence electrons. The summed E-state index contributed by atoms with van der Waals surface area (Å²) in [6, 6.07) is 64.7. The van der Waals surface area contributed by atoms with Crippen molar-refractivity contribution in [1.29, 1.82) is 5.26 Å². The molecule has 0 N–H and O–H groups in total. The second-order valence-corrected chi connectivity index (χ2v) is 16.0. The highest BCUT2D eigenvalue weighted by atomic mass is 32.2. The number of hydrogen-bond acceptors (Lipinski definition) is 4. The van der Waals surface area contributed by atoms with Crippen LogP contribution in [0, 0.1) is 11.3 Å². The molecule has 2 heterocycles. The molecular weight excluding hydrogens is 687 g/mol. The molecule has 1 aliphatic carbocycles. The molecule has 1 aromatic heterocycles. The summed E-state index contributed by atoms with van der Waals surface area (Å²) in [5.74, 6) is 0.652. The number of aromatic nitrogens is 2. The van der Waals surface area contributed by atoms with Gasteiger partial charge in [-0.3, -0.25) is 0 Å². The number of hydrogen-bond donors (Lipinski definition) is 0. The number of nitrogens with zero attached hydrogens (tertiary/aromatic N) is 3. The van der Waals surface area contributed by atoms with Gasteiger partial charge >= 0.3 is 0 Å². The van der Waals surface area contributed by atoms with Crippen molar-refractivity contribution >= 4 is 11.8 Å². The first-order valence-corrected chi connectivity index (χ1v) is 19.4. The van der Waals surface area contributed by atoms with Gasteiger partial charge in [0, 0.05) is 31.9 Å². The van der Waals surface area contributed by atoms with E-state index in [0.717, 1.165) is 39.2 Å². The normalized spacial score (nSPS) is 14.2. The fourth-order valence-corrected chi connectivity index (χ4v) is 10.1. The molecule has 4 heteroatoms. The van der Waals surface area contributed by atoms with Gasteiger partial charge in [0.1, 0.15) is 0 Å². The lowest BCUT2D eigenvalue weighted by Gasteiger charge is -2.50.